The van der Waals surface area contributed by atoms with Crippen LogP contribution >= 0.6 is 0 Å². The van der Waals surface area contributed by atoms with Crippen molar-refractivity contribution in [1.82, 2.24) is 4.90 Å². The Morgan fingerprint density at radius 3 is 2.43 bits per heavy atom. The number of carbonyl (C=O) groups is 2. The average Bonchev–Trinajstić information content (AvgIpc) is 3.26. The van der Waals surface area contributed by atoms with Gasteiger partial charge in [-0.3, -0.25) is 14.5 Å². The summed E-state index contributed by atoms with van der Waals surface area (Å²) in [5.74, 6) is 0.758. The number of nitrogens with one attached hydrogen (secondary N) is 1. The summed E-state index contributed by atoms with van der Waals surface area (Å²) >= 11 is 0. The van der Waals surface area contributed by atoms with Gasteiger partial charge >= 0.3 is 0 Å². The molecule has 2 heterocycles. The zero-order valence-electron chi connectivity index (χ0n) is 28.1. The van der Waals surface area contributed by atoms with Crippen molar-refractivity contribution in [2.45, 2.75) is 58.5 Å². The fraction of sp³-hybridized carbons (Fsp3) is 0.436. The van der Waals surface area contributed by atoms with Gasteiger partial charge in [0, 0.05) is 55.9 Å². The molecule has 0 atom stereocenters. The second-order valence-corrected chi connectivity index (χ2v) is 12.6. The number of ether oxygens (including phenoxy) is 3. The highest BCUT2D eigenvalue weighted by atomic mass is 16.5. The number of rotatable bonds is 15. The largest absolute Gasteiger partial charge is 0.491 e. The third kappa shape index (κ3) is 10.0. The number of benzene rings is 3. The summed E-state index contributed by atoms with van der Waals surface area (Å²) in [7, 11) is 2.17. The summed E-state index contributed by atoms with van der Waals surface area (Å²) in [6, 6.07) is 22.9. The highest BCUT2D eigenvalue weighted by Gasteiger charge is 2.22. The maximum atomic E-state index is 13.6. The zero-order chi connectivity index (χ0) is 33.0. The molecular formula is C39H49N3O5. The fourth-order valence-corrected chi connectivity index (χ4v) is 6.14. The SMILES string of the molecule is CCCCOCCOc1ccc(-c2ccc3c(c2)C=C(C(=O)Nc2ccc(CN(C)C4CCOCC4)cc2)CCN3CC(C)=O)cc1. The molecule has 8 nitrogen and oxygen atoms in total. The van der Waals surface area contributed by atoms with Crippen LogP contribution in [0.4, 0.5) is 11.4 Å². The van der Waals surface area contributed by atoms with Gasteiger partial charge < -0.3 is 24.4 Å². The standard InChI is InChI=1S/C39H49N3O5/c1-4-5-20-45-23-24-47-37-13-8-31(9-14-37)32-10-15-38-34(25-32)26-33(16-19-42(38)27-29(2)43)39(44)40-35-11-6-30(7-12-35)28-41(3)36-17-21-46-22-18-36/h6-15,25-26,36H,4-5,16-24,27-28H2,1-3H3,(H,40,44). The number of carbonyl (C=O) groups excluding carboxylic acids is 2. The van der Waals surface area contributed by atoms with E-state index in [1.165, 1.54) is 5.56 Å². The van der Waals surface area contributed by atoms with Crippen molar-refractivity contribution in [2.75, 3.05) is 63.4 Å². The van der Waals surface area contributed by atoms with Gasteiger partial charge in [0.25, 0.3) is 5.91 Å². The molecule has 3 aromatic rings. The number of ketones is 1. The third-order valence-corrected chi connectivity index (χ3v) is 8.84. The van der Waals surface area contributed by atoms with Crippen molar-refractivity contribution in [3.63, 3.8) is 0 Å². The Labute approximate surface area is 279 Å². The van der Waals surface area contributed by atoms with Crippen LogP contribution in [-0.4, -0.2) is 75.8 Å². The number of fused-ring (bicyclic) bond motifs is 1. The molecule has 1 saturated heterocycles. The van der Waals surface area contributed by atoms with Gasteiger partial charge in [-0.15, -0.1) is 0 Å². The lowest BCUT2D eigenvalue weighted by atomic mass is 10.00. The van der Waals surface area contributed by atoms with Crippen LogP contribution in [0.25, 0.3) is 17.2 Å². The lowest BCUT2D eigenvalue weighted by molar-refractivity contribution is -0.115. The van der Waals surface area contributed by atoms with Crippen LogP contribution in [0.1, 0.15) is 57.1 Å². The van der Waals surface area contributed by atoms with Crippen LogP contribution in [-0.2, 0) is 25.6 Å². The molecule has 1 fully saturated rings. The molecule has 0 radical (unpaired) electrons. The summed E-state index contributed by atoms with van der Waals surface area (Å²) in [6.45, 7) is 9.00. The lowest BCUT2D eigenvalue weighted by Gasteiger charge is -2.31. The summed E-state index contributed by atoms with van der Waals surface area (Å²) in [4.78, 5) is 30.2. The molecule has 250 valence electrons. The van der Waals surface area contributed by atoms with E-state index in [9.17, 15) is 9.59 Å². The Hall–Kier alpha value is -3.98. The van der Waals surface area contributed by atoms with E-state index in [-0.39, 0.29) is 11.7 Å². The molecule has 3 aromatic carbocycles. The highest BCUT2D eigenvalue weighted by Crippen LogP contribution is 2.33. The second kappa shape index (κ2) is 17.3. The van der Waals surface area contributed by atoms with E-state index in [0.717, 1.165) is 85.9 Å². The van der Waals surface area contributed by atoms with Crippen molar-refractivity contribution in [1.29, 1.82) is 0 Å². The van der Waals surface area contributed by atoms with Gasteiger partial charge in [0.2, 0.25) is 0 Å². The summed E-state index contributed by atoms with van der Waals surface area (Å²) in [6.07, 6.45) is 6.81. The predicted molar refractivity (Wildman–Crippen MR) is 189 cm³/mol. The van der Waals surface area contributed by atoms with Crippen LogP contribution in [0.5, 0.6) is 5.75 Å². The van der Waals surface area contributed by atoms with E-state index in [1.807, 2.05) is 42.5 Å². The Bertz CT molecular complexity index is 1500. The van der Waals surface area contributed by atoms with Crippen LogP contribution in [0, 0.1) is 0 Å². The Morgan fingerprint density at radius 1 is 0.957 bits per heavy atom. The number of unbranched alkanes of at least 4 members (excludes halogenated alkanes) is 1. The first-order valence-corrected chi connectivity index (χ1v) is 17.0. The zero-order valence-corrected chi connectivity index (χ0v) is 28.1. The van der Waals surface area contributed by atoms with E-state index >= 15 is 0 Å². The third-order valence-electron chi connectivity index (χ3n) is 8.84. The minimum absolute atomic E-state index is 0.0850. The Balaban J connectivity index is 1.26. The van der Waals surface area contributed by atoms with E-state index in [4.69, 9.17) is 14.2 Å². The number of hydrogen-bond acceptors (Lipinski definition) is 7. The summed E-state index contributed by atoms with van der Waals surface area (Å²) in [5.41, 5.74) is 6.60. The molecule has 47 heavy (non-hydrogen) atoms. The molecule has 0 aromatic heterocycles. The highest BCUT2D eigenvalue weighted by molar-refractivity contribution is 6.07. The van der Waals surface area contributed by atoms with Crippen LogP contribution in [0.15, 0.2) is 72.3 Å². The van der Waals surface area contributed by atoms with Gasteiger partial charge in [0.15, 0.2) is 0 Å². The maximum absolute atomic E-state index is 13.6. The number of Topliss-reactive ketones (excluding diaryl/α,β-unsaturated/α-hetero) is 1. The van der Waals surface area contributed by atoms with Gasteiger partial charge in [0.1, 0.15) is 18.1 Å². The monoisotopic (exact) mass is 639 g/mol. The molecule has 0 bridgehead atoms. The fourth-order valence-electron chi connectivity index (χ4n) is 6.14. The first-order chi connectivity index (χ1) is 22.9. The number of nitrogens with zero attached hydrogens (tertiary/aromatic N) is 2. The first-order valence-electron chi connectivity index (χ1n) is 17.0. The number of anilines is 2. The van der Waals surface area contributed by atoms with E-state index in [0.29, 0.717) is 44.3 Å². The predicted octanol–water partition coefficient (Wildman–Crippen LogP) is 6.98. The van der Waals surface area contributed by atoms with Gasteiger partial charge in [-0.25, -0.2) is 0 Å². The van der Waals surface area contributed by atoms with Gasteiger partial charge in [0.05, 0.1) is 13.2 Å². The van der Waals surface area contributed by atoms with Crippen LogP contribution in [0.3, 0.4) is 0 Å². The molecule has 1 amide bonds. The Morgan fingerprint density at radius 2 is 1.70 bits per heavy atom. The average molecular weight is 640 g/mol. The minimum atomic E-state index is -0.127. The van der Waals surface area contributed by atoms with Crippen LogP contribution in [0.2, 0.25) is 0 Å². The molecule has 2 aliphatic heterocycles. The molecule has 2 aliphatic rings. The molecule has 0 aliphatic carbocycles. The smallest absolute Gasteiger partial charge is 0.251 e. The molecule has 8 heteroatoms. The molecule has 5 rings (SSSR count). The van der Waals surface area contributed by atoms with Gasteiger partial charge in [-0.2, -0.15) is 0 Å². The first kappa shape index (κ1) is 34.4. The topological polar surface area (TPSA) is 80.3 Å². The van der Waals surface area contributed by atoms with Gasteiger partial charge in [-0.1, -0.05) is 43.7 Å². The van der Waals surface area contributed by atoms with E-state index < -0.39 is 0 Å². The van der Waals surface area contributed by atoms with Crippen molar-refractivity contribution in [2.24, 2.45) is 0 Å². The van der Waals surface area contributed by atoms with E-state index in [2.05, 4.69) is 59.4 Å². The lowest BCUT2D eigenvalue weighted by Crippen LogP contribution is -2.36. The van der Waals surface area contributed by atoms with Crippen molar-refractivity contribution in [3.8, 4) is 16.9 Å². The number of hydrogen-bond donors (Lipinski definition) is 1. The number of amides is 1. The molecule has 0 saturated carbocycles. The molecule has 0 spiro atoms. The second-order valence-electron chi connectivity index (χ2n) is 12.6. The van der Waals surface area contributed by atoms with Crippen molar-refractivity contribution in [3.05, 3.63) is 83.4 Å². The normalized spacial score (nSPS) is 15.1. The van der Waals surface area contributed by atoms with Crippen molar-refractivity contribution >= 4 is 29.1 Å². The van der Waals surface area contributed by atoms with Gasteiger partial charge in [-0.05, 0) is 104 Å². The maximum Gasteiger partial charge on any atom is 0.251 e. The summed E-state index contributed by atoms with van der Waals surface area (Å²) < 4.78 is 16.9. The van der Waals surface area contributed by atoms with Crippen molar-refractivity contribution < 1.29 is 23.8 Å². The molecular weight excluding hydrogens is 590 g/mol. The minimum Gasteiger partial charge on any atom is -0.491 e. The van der Waals surface area contributed by atoms with Crippen LogP contribution < -0.4 is 15.0 Å². The quantitative estimate of drug-likeness (QED) is 0.180. The van der Waals surface area contributed by atoms with E-state index in [1.54, 1.807) is 6.92 Å². The molecule has 1 N–H and O–H groups in total. The summed E-state index contributed by atoms with van der Waals surface area (Å²) in [5, 5.41) is 3.11. The Kier molecular flexibility index (Phi) is 12.6. The molecule has 0 unspecified atom stereocenters.